The lowest BCUT2D eigenvalue weighted by Gasteiger charge is -2.42. The van der Waals surface area contributed by atoms with Gasteiger partial charge in [0.15, 0.2) is 0 Å². The molecule has 0 radical (unpaired) electrons. The van der Waals surface area contributed by atoms with Gasteiger partial charge in [0.1, 0.15) is 0 Å². The minimum Gasteiger partial charge on any atom is -0.370 e. The van der Waals surface area contributed by atoms with E-state index in [1.165, 1.54) is 20.5 Å². The van der Waals surface area contributed by atoms with Gasteiger partial charge in [0.05, 0.1) is 17.2 Å². The average Bonchev–Trinajstić information content (AvgIpc) is 2.86. The molecular formula is C19H22ClNOS. The molecule has 1 aromatic heterocycles. The van der Waals surface area contributed by atoms with E-state index >= 15 is 0 Å². The lowest BCUT2D eigenvalue weighted by molar-refractivity contribution is -0.0575. The quantitative estimate of drug-likeness (QED) is 0.687. The minimum atomic E-state index is 0.00277. The first-order valence-electron chi connectivity index (χ1n) is 8.36. The molecule has 1 saturated heterocycles. The minimum absolute atomic E-state index is 0.00277. The zero-order chi connectivity index (χ0) is 15.9. The number of likely N-dealkylation sites (tertiary alicyclic amines) is 1. The fourth-order valence-electron chi connectivity index (χ4n) is 3.73. The molecule has 122 valence electrons. The van der Waals surface area contributed by atoms with Gasteiger partial charge in [0.25, 0.3) is 0 Å². The maximum absolute atomic E-state index is 6.59. The standard InChI is InChI=1S/C19H22ClNOS/c1-14-6-11-22-19(12-14)7-9-21(10-8-19)13-17-18(20)15-4-2-3-5-16(15)23-17/h2-5,12H,6-11,13H2,1H3. The Bertz CT molecular complexity index is 743. The molecule has 0 atom stereocenters. The van der Waals surface area contributed by atoms with Crippen LogP contribution in [0.3, 0.4) is 0 Å². The van der Waals surface area contributed by atoms with Gasteiger partial charge >= 0.3 is 0 Å². The highest BCUT2D eigenvalue weighted by Crippen LogP contribution is 2.38. The Kier molecular flexibility index (Phi) is 4.22. The Labute approximate surface area is 146 Å². The average molecular weight is 348 g/mol. The number of thiophene rings is 1. The summed E-state index contributed by atoms with van der Waals surface area (Å²) in [7, 11) is 0. The lowest BCUT2D eigenvalue weighted by atomic mass is 9.87. The van der Waals surface area contributed by atoms with E-state index in [4.69, 9.17) is 16.3 Å². The largest absolute Gasteiger partial charge is 0.370 e. The molecule has 0 amide bonds. The first-order valence-corrected chi connectivity index (χ1v) is 9.55. The molecule has 1 fully saturated rings. The zero-order valence-electron chi connectivity index (χ0n) is 13.5. The summed E-state index contributed by atoms with van der Waals surface area (Å²) in [5.74, 6) is 0. The topological polar surface area (TPSA) is 12.5 Å². The van der Waals surface area contributed by atoms with E-state index in [1.54, 1.807) is 0 Å². The highest BCUT2D eigenvalue weighted by atomic mass is 35.5. The molecule has 23 heavy (non-hydrogen) atoms. The summed E-state index contributed by atoms with van der Waals surface area (Å²) in [4.78, 5) is 3.81. The number of hydrogen-bond donors (Lipinski definition) is 0. The van der Waals surface area contributed by atoms with E-state index in [2.05, 4.69) is 42.2 Å². The van der Waals surface area contributed by atoms with Crippen LogP contribution in [0.5, 0.6) is 0 Å². The van der Waals surface area contributed by atoms with Crippen LogP contribution in [0.4, 0.5) is 0 Å². The van der Waals surface area contributed by atoms with Gasteiger partial charge in [-0.05, 0) is 32.3 Å². The fraction of sp³-hybridized carbons (Fsp3) is 0.474. The van der Waals surface area contributed by atoms with E-state index < -0.39 is 0 Å². The maximum Gasteiger partial charge on any atom is 0.0889 e. The van der Waals surface area contributed by atoms with Crippen molar-refractivity contribution < 1.29 is 4.74 Å². The number of fused-ring (bicyclic) bond motifs is 1. The summed E-state index contributed by atoms with van der Waals surface area (Å²) in [6.45, 7) is 6.22. The van der Waals surface area contributed by atoms with Crippen molar-refractivity contribution in [2.75, 3.05) is 19.7 Å². The van der Waals surface area contributed by atoms with Gasteiger partial charge in [0.2, 0.25) is 0 Å². The third-order valence-electron chi connectivity index (χ3n) is 5.07. The molecular weight excluding hydrogens is 326 g/mol. The summed E-state index contributed by atoms with van der Waals surface area (Å²) in [5, 5.41) is 2.13. The van der Waals surface area contributed by atoms with E-state index in [0.29, 0.717) is 0 Å². The summed E-state index contributed by atoms with van der Waals surface area (Å²) in [6, 6.07) is 8.42. The van der Waals surface area contributed by atoms with Crippen LogP contribution in [-0.2, 0) is 11.3 Å². The molecule has 1 spiro atoms. The first-order chi connectivity index (χ1) is 11.2. The van der Waals surface area contributed by atoms with Crippen LogP contribution < -0.4 is 0 Å². The van der Waals surface area contributed by atoms with Crippen molar-refractivity contribution in [2.45, 2.75) is 38.3 Å². The van der Waals surface area contributed by atoms with Crippen LogP contribution >= 0.6 is 22.9 Å². The van der Waals surface area contributed by atoms with Gasteiger partial charge in [-0.2, -0.15) is 0 Å². The molecule has 2 nitrogen and oxygen atoms in total. The number of benzene rings is 1. The summed E-state index contributed by atoms with van der Waals surface area (Å²) >= 11 is 8.42. The van der Waals surface area contributed by atoms with Crippen LogP contribution in [0.15, 0.2) is 35.9 Å². The van der Waals surface area contributed by atoms with Crippen molar-refractivity contribution in [1.29, 1.82) is 0 Å². The Morgan fingerprint density at radius 1 is 1.26 bits per heavy atom. The second-order valence-electron chi connectivity index (χ2n) is 6.77. The summed E-state index contributed by atoms with van der Waals surface area (Å²) in [6.07, 6.45) is 5.64. The Balaban J connectivity index is 1.46. The van der Waals surface area contributed by atoms with Crippen molar-refractivity contribution in [3.63, 3.8) is 0 Å². The number of nitrogens with zero attached hydrogens (tertiary/aromatic N) is 1. The normalized spacial score (nSPS) is 21.7. The van der Waals surface area contributed by atoms with Crippen LogP contribution in [0.2, 0.25) is 5.02 Å². The molecule has 1 aromatic carbocycles. The molecule has 2 aliphatic heterocycles. The van der Waals surface area contributed by atoms with E-state index in [-0.39, 0.29) is 5.60 Å². The lowest BCUT2D eigenvalue weighted by Crippen LogP contribution is -2.46. The molecule has 0 bridgehead atoms. The van der Waals surface area contributed by atoms with Gasteiger partial charge in [-0.25, -0.2) is 0 Å². The van der Waals surface area contributed by atoms with E-state index in [0.717, 1.165) is 50.5 Å². The zero-order valence-corrected chi connectivity index (χ0v) is 15.1. The third-order valence-corrected chi connectivity index (χ3v) is 6.77. The summed E-state index contributed by atoms with van der Waals surface area (Å²) < 4.78 is 7.41. The molecule has 0 unspecified atom stereocenters. The Morgan fingerprint density at radius 3 is 2.78 bits per heavy atom. The maximum atomic E-state index is 6.59. The number of piperidine rings is 1. The number of rotatable bonds is 2. The number of halogens is 1. The number of ether oxygens (including phenoxy) is 1. The fourth-order valence-corrected chi connectivity index (χ4v) is 5.26. The first kappa shape index (κ1) is 15.6. The van der Waals surface area contributed by atoms with Crippen molar-refractivity contribution in [3.8, 4) is 0 Å². The van der Waals surface area contributed by atoms with Crippen molar-refractivity contribution in [2.24, 2.45) is 0 Å². The molecule has 2 aromatic rings. The highest BCUT2D eigenvalue weighted by molar-refractivity contribution is 7.19. The second kappa shape index (κ2) is 6.21. The van der Waals surface area contributed by atoms with Gasteiger partial charge < -0.3 is 4.74 Å². The van der Waals surface area contributed by atoms with E-state index in [1.807, 2.05) is 11.3 Å². The Hall–Kier alpha value is -0.870. The van der Waals surface area contributed by atoms with Gasteiger partial charge in [-0.3, -0.25) is 4.90 Å². The molecule has 0 N–H and O–H groups in total. The van der Waals surface area contributed by atoms with Gasteiger partial charge in [-0.1, -0.05) is 41.4 Å². The molecule has 0 aliphatic carbocycles. The Morgan fingerprint density at radius 2 is 2.04 bits per heavy atom. The SMILES string of the molecule is CC1=CC2(CCN(Cc3sc4ccccc4c3Cl)CC2)OCC1. The number of hydrogen-bond acceptors (Lipinski definition) is 3. The predicted octanol–water partition coefficient (Wildman–Crippen LogP) is 5.26. The monoisotopic (exact) mass is 347 g/mol. The van der Waals surface area contributed by atoms with Gasteiger partial charge in [-0.15, -0.1) is 11.3 Å². The highest BCUT2D eigenvalue weighted by Gasteiger charge is 2.35. The molecule has 0 saturated carbocycles. The summed E-state index contributed by atoms with van der Waals surface area (Å²) in [5.41, 5.74) is 1.49. The smallest absolute Gasteiger partial charge is 0.0889 e. The van der Waals surface area contributed by atoms with Crippen LogP contribution in [0.1, 0.15) is 31.1 Å². The van der Waals surface area contributed by atoms with Crippen LogP contribution in [0.25, 0.3) is 10.1 Å². The molecule has 4 rings (SSSR count). The second-order valence-corrected chi connectivity index (χ2v) is 8.28. The van der Waals surface area contributed by atoms with Gasteiger partial charge in [0, 0.05) is 34.6 Å². The molecule has 3 heterocycles. The van der Waals surface area contributed by atoms with Crippen LogP contribution in [0, 0.1) is 0 Å². The van der Waals surface area contributed by atoms with Crippen molar-refractivity contribution in [1.82, 2.24) is 4.90 Å². The van der Waals surface area contributed by atoms with Crippen molar-refractivity contribution >= 4 is 33.0 Å². The molecule has 2 aliphatic rings. The molecule has 4 heteroatoms. The van der Waals surface area contributed by atoms with Crippen LogP contribution in [-0.4, -0.2) is 30.2 Å². The predicted molar refractivity (Wildman–Crippen MR) is 98.4 cm³/mol. The van der Waals surface area contributed by atoms with Crippen molar-refractivity contribution in [3.05, 3.63) is 45.8 Å². The van der Waals surface area contributed by atoms with E-state index in [9.17, 15) is 0 Å². The third kappa shape index (κ3) is 3.08.